The molecule has 81 valence electrons. The van der Waals surface area contributed by atoms with E-state index < -0.39 is 0 Å². The first kappa shape index (κ1) is 11.0. The fourth-order valence-electron chi connectivity index (χ4n) is 1.27. The molecule has 1 aromatic heterocycles. The molecule has 5 heteroatoms. The second-order valence-electron chi connectivity index (χ2n) is 2.95. The van der Waals surface area contributed by atoms with Crippen molar-refractivity contribution in [3.8, 4) is 0 Å². The third-order valence-corrected chi connectivity index (χ3v) is 3.19. The molecule has 0 amide bonds. The van der Waals surface area contributed by atoms with Gasteiger partial charge in [-0.05, 0) is 0 Å². The number of aromatic nitrogens is 1. The van der Waals surface area contributed by atoms with Crippen molar-refractivity contribution < 1.29 is 15.7 Å². The summed E-state index contributed by atoms with van der Waals surface area (Å²) in [5, 5.41) is 0.938. The van der Waals surface area contributed by atoms with E-state index in [4.69, 9.17) is 38.9 Å². The van der Waals surface area contributed by atoms with E-state index in [2.05, 4.69) is 4.98 Å². The first-order valence-corrected chi connectivity index (χ1v) is 5.47. The molecule has 15 heavy (non-hydrogen) atoms. The van der Waals surface area contributed by atoms with Crippen LogP contribution in [0, 0.1) is 0 Å². The van der Waals surface area contributed by atoms with Gasteiger partial charge in [0, 0.05) is 0 Å². The van der Waals surface area contributed by atoms with Crippen LogP contribution in [0.15, 0.2) is 30.5 Å². The molecule has 0 saturated heterocycles. The van der Waals surface area contributed by atoms with E-state index in [0.717, 1.165) is 5.70 Å². The normalized spacial score (nSPS) is 15.5. The number of nitrogens with zero attached hydrogens (tertiary/aromatic N) is 2. The number of rotatable bonds is 1. The first-order valence-electron chi connectivity index (χ1n) is 4.28. The predicted octanol–water partition coefficient (Wildman–Crippen LogP) is 3.06. The minimum absolute atomic E-state index is 0.447. The third-order valence-electron chi connectivity index (χ3n) is 1.98. The van der Waals surface area contributed by atoms with Gasteiger partial charge in [-0.3, -0.25) is 0 Å². The van der Waals surface area contributed by atoms with Gasteiger partial charge in [0.1, 0.15) is 0 Å². The molecule has 0 fully saturated rings. The zero-order valence-electron chi connectivity index (χ0n) is 7.56. The first-order chi connectivity index (χ1) is 7.20. The second-order valence-corrected chi connectivity index (χ2v) is 4.27. The molecular formula is C10H7Cl2N2Ni. The predicted molar refractivity (Wildman–Crippen MR) is 58.1 cm³/mol. The van der Waals surface area contributed by atoms with Gasteiger partial charge in [-0.25, -0.2) is 0 Å². The zero-order valence-corrected chi connectivity index (χ0v) is 10.1. The van der Waals surface area contributed by atoms with Gasteiger partial charge in [-0.15, -0.1) is 0 Å². The molecule has 1 aliphatic rings. The number of hydrogen-bond acceptors (Lipinski definition) is 2. The van der Waals surface area contributed by atoms with Crippen molar-refractivity contribution in [3.05, 3.63) is 46.2 Å². The Labute approximate surface area is 106 Å². The summed E-state index contributed by atoms with van der Waals surface area (Å²) in [7, 11) is 0. The molecule has 0 bridgehead atoms. The van der Waals surface area contributed by atoms with Crippen LogP contribution in [0.3, 0.4) is 0 Å². The van der Waals surface area contributed by atoms with E-state index in [1.54, 1.807) is 16.2 Å². The number of hydrogen-bond donors (Lipinski definition) is 0. The Morgan fingerprint density at radius 2 is 2.20 bits per heavy atom. The van der Waals surface area contributed by atoms with Crippen LogP contribution < -0.4 is 0 Å². The maximum absolute atomic E-state index is 6.06. The van der Waals surface area contributed by atoms with Gasteiger partial charge in [0.25, 0.3) is 0 Å². The average molecular weight is 285 g/mol. The van der Waals surface area contributed by atoms with E-state index in [1.165, 1.54) is 0 Å². The van der Waals surface area contributed by atoms with Crippen molar-refractivity contribution >= 4 is 28.9 Å². The van der Waals surface area contributed by atoms with Gasteiger partial charge in [0.2, 0.25) is 0 Å². The Kier molecular flexibility index (Phi) is 3.35. The van der Waals surface area contributed by atoms with E-state index in [0.29, 0.717) is 22.3 Å². The molecule has 2 rings (SSSR count). The van der Waals surface area contributed by atoms with Crippen LogP contribution in [0.25, 0.3) is 5.70 Å². The fourth-order valence-corrected chi connectivity index (χ4v) is 1.90. The van der Waals surface area contributed by atoms with Crippen molar-refractivity contribution in [1.29, 1.82) is 0 Å². The summed E-state index contributed by atoms with van der Waals surface area (Å²) in [6, 6.07) is 1.66. The van der Waals surface area contributed by atoms with Gasteiger partial charge in [0.05, 0.1) is 0 Å². The van der Waals surface area contributed by atoms with Gasteiger partial charge in [-0.1, -0.05) is 0 Å². The summed E-state index contributed by atoms with van der Waals surface area (Å²) in [5.74, 6) is 0. The van der Waals surface area contributed by atoms with E-state index in [-0.39, 0.29) is 0 Å². The Morgan fingerprint density at radius 3 is 2.93 bits per heavy atom. The van der Waals surface area contributed by atoms with Crippen molar-refractivity contribution in [3.63, 3.8) is 0 Å². The van der Waals surface area contributed by atoms with Crippen LogP contribution >= 0.6 is 23.2 Å². The van der Waals surface area contributed by atoms with E-state index >= 15 is 0 Å². The second kappa shape index (κ2) is 4.57. The molecule has 0 atom stereocenters. The summed E-state index contributed by atoms with van der Waals surface area (Å²) < 4.78 is 1.70. The van der Waals surface area contributed by atoms with Crippen LogP contribution in [0.1, 0.15) is 5.69 Å². The topological polar surface area (TPSA) is 16.1 Å². The summed E-state index contributed by atoms with van der Waals surface area (Å²) in [6.07, 6.45) is 7.42. The van der Waals surface area contributed by atoms with Crippen molar-refractivity contribution in [2.24, 2.45) is 0 Å². The zero-order chi connectivity index (χ0) is 10.8. The number of halogens is 2. The third kappa shape index (κ3) is 2.20. The fraction of sp³-hybridized carbons (Fsp3) is 0.100. The molecule has 0 saturated carbocycles. The standard InChI is InChI=1S/C10H7Cl2N2.Ni/c11-7-4-6-14-10(9(7)12)8-3-1-2-5-13-8;/h1-4,6H,5H2;/q-1;+1. The van der Waals surface area contributed by atoms with Crippen molar-refractivity contribution in [2.45, 2.75) is 0 Å². The molecule has 0 aromatic carbocycles. The number of pyridine rings is 1. The quantitative estimate of drug-likeness (QED) is 0.737. The van der Waals surface area contributed by atoms with Crippen LogP contribution in [-0.2, 0) is 15.7 Å². The van der Waals surface area contributed by atoms with E-state index in [9.17, 15) is 0 Å². The molecule has 1 aliphatic heterocycles. The van der Waals surface area contributed by atoms with Gasteiger partial charge >= 0.3 is 106 Å². The van der Waals surface area contributed by atoms with Crippen LogP contribution in [0.5, 0.6) is 0 Å². The monoisotopic (exact) mass is 283 g/mol. The molecule has 0 radical (unpaired) electrons. The molecule has 0 spiro atoms. The Bertz CT molecular complexity index is 443. The number of allylic oxidation sites excluding steroid dienone is 2. The molecule has 0 N–H and O–H groups in total. The Balaban J connectivity index is 2.49. The van der Waals surface area contributed by atoms with Gasteiger partial charge < -0.3 is 0 Å². The van der Waals surface area contributed by atoms with Gasteiger partial charge in [0.15, 0.2) is 0 Å². The van der Waals surface area contributed by atoms with Crippen LogP contribution in [0.4, 0.5) is 0 Å². The van der Waals surface area contributed by atoms with Crippen LogP contribution in [-0.4, -0.2) is 15.5 Å². The summed E-state index contributed by atoms with van der Waals surface area (Å²) >= 11 is 16.8. The molecule has 0 unspecified atom stereocenters. The maximum atomic E-state index is 6.06. The molecule has 0 aliphatic carbocycles. The van der Waals surface area contributed by atoms with Crippen LogP contribution in [0.2, 0.25) is 10.0 Å². The van der Waals surface area contributed by atoms with Crippen molar-refractivity contribution in [1.82, 2.24) is 8.96 Å². The minimum atomic E-state index is 0.447. The summed E-state index contributed by atoms with van der Waals surface area (Å²) in [6.45, 7) is 0.691. The SMILES string of the molecule is Clc1ccnc(C2=CC=CC[N]2[Ni])c1Cl. The average Bonchev–Trinajstić information content (AvgIpc) is 2.23. The van der Waals surface area contributed by atoms with E-state index in [1.807, 2.05) is 18.2 Å². The molecule has 2 heterocycles. The molecular weight excluding hydrogens is 278 g/mol. The Morgan fingerprint density at radius 1 is 1.40 bits per heavy atom. The Hall–Kier alpha value is -0.496. The summed E-state index contributed by atoms with van der Waals surface area (Å²) in [4.78, 5) is 4.19. The van der Waals surface area contributed by atoms with Gasteiger partial charge in [-0.2, -0.15) is 0 Å². The molecule has 2 nitrogen and oxygen atoms in total. The molecule has 1 aromatic rings. The van der Waals surface area contributed by atoms with Crippen molar-refractivity contribution in [2.75, 3.05) is 6.54 Å². The summed E-state index contributed by atoms with van der Waals surface area (Å²) in [5.41, 5.74) is 1.46.